The van der Waals surface area contributed by atoms with Gasteiger partial charge < -0.3 is 21.5 Å². The highest BCUT2D eigenvalue weighted by atomic mass is 16.4. The zero-order valence-corrected chi connectivity index (χ0v) is 17.2. The fourth-order valence-electron chi connectivity index (χ4n) is 2.89. The van der Waals surface area contributed by atoms with Crippen molar-refractivity contribution in [2.24, 2.45) is 5.73 Å². The summed E-state index contributed by atoms with van der Waals surface area (Å²) in [6, 6.07) is 14.4. The van der Waals surface area contributed by atoms with Gasteiger partial charge in [0.15, 0.2) is 0 Å². The van der Waals surface area contributed by atoms with Crippen LogP contribution in [-0.2, 0) is 11.3 Å². The van der Waals surface area contributed by atoms with E-state index in [-0.39, 0.29) is 0 Å². The van der Waals surface area contributed by atoms with Crippen molar-refractivity contribution in [2.45, 2.75) is 50.9 Å². The first kappa shape index (κ1) is 21.6. The number of carbonyl (C=O) groups excluding carboxylic acids is 1. The van der Waals surface area contributed by atoms with Gasteiger partial charge in [-0.15, -0.1) is 0 Å². The third-order valence-electron chi connectivity index (χ3n) is 4.89. The molecule has 0 aliphatic heterocycles. The van der Waals surface area contributed by atoms with Gasteiger partial charge in [-0.1, -0.05) is 24.0 Å². The standard InChI is InChI=1S/C24H27N3O3/c1-24(2,25)21(23(29)30)27-22(28)19-11-9-17(10-12-19)4-3-16-5-7-18(8-6-16)15-26-20-13-14-20/h5-12,20-21,26H,13-15,25H2,1-2H3,(H,27,28)(H,29,30)/t21-/m1/s1. The summed E-state index contributed by atoms with van der Waals surface area (Å²) in [5.74, 6) is 4.53. The molecule has 0 aromatic heterocycles. The number of nitrogens with one attached hydrogen (secondary N) is 2. The van der Waals surface area contributed by atoms with Gasteiger partial charge in [-0.25, -0.2) is 4.79 Å². The minimum absolute atomic E-state index is 0.351. The Morgan fingerprint density at radius 3 is 2.07 bits per heavy atom. The van der Waals surface area contributed by atoms with E-state index in [0.717, 1.165) is 17.7 Å². The zero-order valence-electron chi connectivity index (χ0n) is 17.2. The van der Waals surface area contributed by atoms with Gasteiger partial charge in [-0.2, -0.15) is 0 Å². The summed E-state index contributed by atoms with van der Waals surface area (Å²) in [5, 5.41) is 15.2. The van der Waals surface area contributed by atoms with Gasteiger partial charge >= 0.3 is 5.97 Å². The molecule has 1 fully saturated rings. The molecule has 0 unspecified atom stereocenters. The van der Waals surface area contributed by atoms with Crippen molar-refractivity contribution in [1.82, 2.24) is 10.6 Å². The quantitative estimate of drug-likeness (QED) is 0.529. The van der Waals surface area contributed by atoms with E-state index in [2.05, 4.69) is 34.6 Å². The van der Waals surface area contributed by atoms with Crippen LogP contribution in [0.25, 0.3) is 0 Å². The molecule has 0 radical (unpaired) electrons. The highest BCUT2D eigenvalue weighted by Gasteiger charge is 2.33. The molecule has 0 heterocycles. The molecule has 1 saturated carbocycles. The van der Waals surface area contributed by atoms with Crippen LogP contribution in [0.3, 0.4) is 0 Å². The molecule has 1 aliphatic carbocycles. The van der Waals surface area contributed by atoms with Crippen LogP contribution in [0.15, 0.2) is 48.5 Å². The largest absolute Gasteiger partial charge is 0.480 e. The van der Waals surface area contributed by atoms with Crippen molar-refractivity contribution in [2.75, 3.05) is 0 Å². The van der Waals surface area contributed by atoms with Crippen LogP contribution >= 0.6 is 0 Å². The Bertz CT molecular complexity index is 960. The molecular formula is C24H27N3O3. The number of carbonyl (C=O) groups is 2. The number of nitrogens with two attached hydrogens (primary N) is 1. The molecule has 1 atom stereocenters. The Balaban J connectivity index is 1.60. The van der Waals surface area contributed by atoms with E-state index < -0.39 is 23.5 Å². The second-order valence-electron chi connectivity index (χ2n) is 8.25. The third-order valence-corrected chi connectivity index (χ3v) is 4.89. The summed E-state index contributed by atoms with van der Waals surface area (Å²) in [4.78, 5) is 23.7. The van der Waals surface area contributed by atoms with Crippen molar-refractivity contribution >= 4 is 11.9 Å². The normalized spacial score (nSPS) is 14.4. The van der Waals surface area contributed by atoms with Gasteiger partial charge in [-0.05, 0) is 68.7 Å². The summed E-state index contributed by atoms with van der Waals surface area (Å²) in [6.07, 6.45) is 2.55. The number of rotatable bonds is 7. The van der Waals surface area contributed by atoms with Gasteiger partial charge in [0, 0.05) is 34.8 Å². The Hall–Kier alpha value is -3.14. The van der Waals surface area contributed by atoms with Crippen molar-refractivity contribution < 1.29 is 14.7 Å². The monoisotopic (exact) mass is 405 g/mol. The van der Waals surface area contributed by atoms with Crippen LogP contribution in [0.4, 0.5) is 0 Å². The van der Waals surface area contributed by atoms with Crippen LogP contribution in [0.5, 0.6) is 0 Å². The fraction of sp³-hybridized carbons (Fsp3) is 0.333. The van der Waals surface area contributed by atoms with E-state index >= 15 is 0 Å². The number of hydrogen-bond donors (Lipinski definition) is 4. The summed E-state index contributed by atoms with van der Waals surface area (Å²) in [6.45, 7) is 3.99. The van der Waals surface area contributed by atoms with E-state index in [0.29, 0.717) is 11.6 Å². The van der Waals surface area contributed by atoms with E-state index in [4.69, 9.17) is 5.73 Å². The highest BCUT2D eigenvalue weighted by Crippen LogP contribution is 2.19. The van der Waals surface area contributed by atoms with Crippen LogP contribution in [0.1, 0.15) is 53.7 Å². The van der Waals surface area contributed by atoms with Crippen molar-refractivity contribution in [3.63, 3.8) is 0 Å². The Labute approximate surface area is 176 Å². The van der Waals surface area contributed by atoms with Crippen LogP contribution in [0, 0.1) is 11.8 Å². The Morgan fingerprint density at radius 1 is 1.07 bits per heavy atom. The fourth-order valence-corrected chi connectivity index (χ4v) is 2.89. The van der Waals surface area contributed by atoms with Gasteiger partial charge in [-0.3, -0.25) is 4.79 Å². The van der Waals surface area contributed by atoms with Gasteiger partial charge in [0.1, 0.15) is 6.04 Å². The highest BCUT2D eigenvalue weighted by molar-refractivity contribution is 5.97. The van der Waals surface area contributed by atoms with Gasteiger partial charge in [0.2, 0.25) is 0 Å². The number of aliphatic carboxylic acids is 1. The summed E-state index contributed by atoms with van der Waals surface area (Å²) in [5.41, 5.74) is 8.04. The number of carboxylic acid groups (broad SMARTS) is 1. The molecule has 6 nitrogen and oxygen atoms in total. The smallest absolute Gasteiger partial charge is 0.328 e. The molecule has 3 rings (SSSR count). The lowest BCUT2D eigenvalue weighted by Gasteiger charge is -2.27. The molecule has 1 aliphatic rings. The van der Waals surface area contributed by atoms with Crippen LogP contribution in [-0.4, -0.2) is 34.6 Å². The van der Waals surface area contributed by atoms with Crippen molar-refractivity contribution in [1.29, 1.82) is 0 Å². The first-order valence-electron chi connectivity index (χ1n) is 9.99. The molecule has 6 heteroatoms. The first-order valence-corrected chi connectivity index (χ1v) is 9.99. The molecule has 2 aromatic carbocycles. The average molecular weight is 405 g/mol. The number of carboxylic acids is 1. The molecule has 1 amide bonds. The second-order valence-corrected chi connectivity index (χ2v) is 8.25. The van der Waals surface area contributed by atoms with E-state index in [1.54, 1.807) is 38.1 Å². The van der Waals surface area contributed by atoms with Gasteiger partial charge in [0.05, 0.1) is 0 Å². The van der Waals surface area contributed by atoms with Crippen LogP contribution in [0.2, 0.25) is 0 Å². The minimum atomic E-state index is -1.19. The molecular weight excluding hydrogens is 378 g/mol. The molecule has 0 bridgehead atoms. The second kappa shape index (κ2) is 9.12. The Morgan fingerprint density at radius 2 is 1.60 bits per heavy atom. The number of benzene rings is 2. The summed E-state index contributed by atoms with van der Waals surface area (Å²) < 4.78 is 0. The maximum atomic E-state index is 12.4. The lowest BCUT2D eigenvalue weighted by molar-refractivity contribution is -0.140. The van der Waals surface area contributed by atoms with Crippen molar-refractivity contribution in [3.8, 4) is 11.8 Å². The molecule has 30 heavy (non-hydrogen) atoms. The predicted octanol–water partition coefficient (Wildman–Crippen LogP) is 2.26. The van der Waals surface area contributed by atoms with E-state index in [1.165, 1.54) is 18.4 Å². The lowest BCUT2D eigenvalue weighted by atomic mass is 9.95. The van der Waals surface area contributed by atoms with E-state index in [1.807, 2.05) is 12.1 Å². The first-order chi connectivity index (χ1) is 14.2. The molecule has 2 aromatic rings. The SMILES string of the molecule is CC(C)(N)[C@H](NC(=O)c1ccc(C#Cc2ccc(CNC3CC3)cc2)cc1)C(=O)O. The third kappa shape index (κ3) is 6.18. The Kier molecular flexibility index (Phi) is 6.56. The summed E-state index contributed by atoms with van der Waals surface area (Å²) >= 11 is 0. The predicted molar refractivity (Wildman–Crippen MR) is 116 cm³/mol. The number of hydrogen-bond acceptors (Lipinski definition) is 4. The molecule has 156 valence electrons. The number of amides is 1. The van der Waals surface area contributed by atoms with Crippen molar-refractivity contribution in [3.05, 3.63) is 70.8 Å². The van der Waals surface area contributed by atoms with Gasteiger partial charge in [0.25, 0.3) is 5.91 Å². The zero-order chi connectivity index (χ0) is 21.7. The molecule has 0 saturated heterocycles. The molecule has 0 spiro atoms. The maximum absolute atomic E-state index is 12.4. The lowest BCUT2D eigenvalue weighted by Crippen LogP contribution is -2.58. The maximum Gasteiger partial charge on any atom is 0.328 e. The molecule has 5 N–H and O–H groups in total. The van der Waals surface area contributed by atoms with E-state index in [9.17, 15) is 14.7 Å². The summed E-state index contributed by atoms with van der Waals surface area (Å²) in [7, 11) is 0. The van der Waals surface area contributed by atoms with Crippen LogP contribution < -0.4 is 16.4 Å². The average Bonchev–Trinajstić information content (AvgIpc) is 3.53. The minimum Gasteiger partial charge on any atom is -0.480 e. The topological polar surface area (TPSA) is 104 Å².